The van der Waals surface area contributed by atoms with Gasteiger partial charge < -0.3 is 10.6 Å². The summed E-state index contributed by atoms with van der Waals surface area (Å²) < 4.78 is 0. The van der Waals surface area contributed by atoms with Crippen molar-refractivity contribution in [3.05, 3.63) is 22.9 Å². The molecule has 1 aliphatic rings. The summed E-state index contributed by atoms with van der Waals surface area (Å²) in [5.74, 6) is 1.75. The first-order valence-electron chi connectivity index (χ1n) is 6.03. The van der Waals surface area contributed by atoms with Gasteiger partial charge in [0.25, 0.3) is 0 Å². The topological polar surface area (TPSA) is 66.0 Å². The molecular weight excluding hydrogens is 212 g/mol. The zero-order chi connectivity index (χ0) is 12.6. The minimum atomic E-state index is 0.104. The van der Waals surface area contributed by atoms with Crippen LogP contribution in [0.25, 0.3) is 0 Å². The van der Waals surface area contributed by atoms with Crippen molar-refractivity contribution in [3.8, 4) is 0 Å². The Bertz CT molecular complexity index is 449. The molecule has 1 aromatic rings. The molecule has 4 heteroatoms. The Hall–Kier alpha value is -1.58. The summed E-state index contributed by atoms with van der Waals surface area (Å²) in [6.07, 6.45) is 2.62. The van der Waals surface area contributed by atoms with Crippen LogP contribution in [0.15, 0.2) is 6.07 Å². The van der Waals surface area contributed by atoms with Crippen LogP contribution in [0.1, 0.15) is 29.7 Å². The number of nitrogens with zero attached hydrogens (tertiary/aromatic N) is 2. The van der Waals surface area contributed by atoms with Gasteiger partial charge in [0.1, 0.15) is 11.7 Å². The first-order chi connectivity index (χ1) is 7.99. The Labute approximate surface area is 102 Å². The minimum absolute atomic E-state index is 0.104. The van der Waals surface area contributed by atoms with Crippen molar-refractivity contribution in [2.75, 3.05) is 18.5 Å². The fourth-order valence-electron chi connectivity index (χ4n) is 2.20. The van der Waals surface area contributed by atoms with Crippen LogP contribution in [0, 0.1) is 25.2 Å². The molecule has 0 atom stereocenters. The number of hydrogen-bond acceptors (Lipinski definition) is 3. The van der Waals surface area contributed by atoms with Gasteiger partial charge in [0.15, 0.2) is 0 Å². The second-order valence-corrected chi connectivity index (χ2v) is 5.02. The normalized spacial score (nSPS) is 14.8. The number of anilines is 1. The van der Waals surface area contributed by atoms with Crippen molar-refractivity contribution in [2.45, 2.75) is 26.7 Å². The molecule has 0 amide bonds. The third kappa shape index (κ3) is 2.57. The number of nitrogen functional groups attached to an aromatic ring is 1. The third-order valence-corrected chi connectivity index (χ3v) is 3.19. The highest BCUT2D eigenvalue weighted by molar-refractivity contribution is 6.01. The largest absolute Gasteiger partial charge is 0.384 e. The number of hydrogen-bond donors (Lipinski definition) is 2. The zero-order valence-corrected chi connectivity index (χ0v) is 10.7. The summed E-state index contributed by atoms with van der Waals surface area (Å²) >= 11 is 0. The van der Waals surface area contributed by atoms with Gasteiger partial charge >= 0.3 is 0 Å². The molecule has 0 saturated heterocycles. The standard InChI is InChI=1S/C13H20N4/c1-8-6-9(2)16-13(11(8)12(14)15)17(3)7-10-4-5-10/h6,10H,4-5,7H2,1-3H3,(H3,14,15). The fourth-order valence-corrected chi connectivity index (χ4v) is 2.20. The van der Waals surface area contributed by atoms with E-state index in [1.54, 1.807) is 0 Å². The van der Waals surface area contributed by atoms with Crippen molar-refractivity contribution in [1.29, 1.82) is 5.41 Å². The Morgan fingerprint density at radius 3 is 2.71 bits per heavy atom. The summed E-state index contributed by atoms with van der Waals surface area (Å²) in [6, 6.07) is 1.98. The van der Waals surface area contributed by atoms with Crippen LogP contribution in [-0.4, -0.2) is 24.4 Å². The minimum Gasteiger partial charge on any atom is -0.384 e. The van der Waals surface area contributed by atoms with E-state index >= 15 is 0 Å². The van der Waals surface area contributed by atoms with Gasteiger partial charge in [0.05, 0.1) is 5.56 Å². The van der Waals surface area contributed by atoms with Gasteiger partial charge in [-0.25, -0.2) is 4.98 Å². The SMILES string of the molecule is Cc1cc(C)c(C(=N)N)c(N(C)CC2CC2)n1. The number of pyridine rings is 1. The van der Waals surface area contributed by atoms with E-state index in [1.165, 1.54) is 12.8 Å². The van der Waals surface area contributed by atoms with E-state index in [2.05, 4.69) is 9.88 Å². The maximum atomic E-state index is 7.69. The van der Waals surface area contributed by atoms with E-state index in [4.69, 9.17) is 11.1 Å². The summed E-state index contributed by atoms with van der Waals surface area (Å²) in [4.78, 5) is 6.67. The number of aromatic nitrogens is 1. The van der Waals surface area contributed by atoms with Crippen LogP contribution in [0.5, 0.6) is 0 Å². The Morgan fingerprint density at radius 1 is 1.53 bits per heavy atom. The lowest BCUT2D eigenvalue weighted by atomic mass is 10.1. The lowest BCUT2D eigenvalue weighted by Gasteiger charge is -2.22. The Kier molecular flexibility index (Phi) is 3.05. The van der Waals surface area contributed by atoms with Crippen LogP contribution < -0.4 is 10.6 Å². The molecular formula is C13H20N4. The average molecular weight is 232 g/mol. The number of nitrogens with two attached hydrogens (primary N) is 1. The van der Waals surface area contributed by atoms with Crippen LogP contribution in [-0.2, 0) is 0 Å². The molecule has 4 nitrogen and oxygen atoms in total. The highest BCUT2D eigenvalue weighted by atomic mass is 15.2. The van der Waals surface area contributed by atoms with E-state index in [0.29, 0.717) is 0 Å². The summed E-state index contributed by atoms with van der Waals surface area (Å²) in [6.45, 7) is 4.97. The van der Waals surface area contributed by atoms with Crippen molar-refractivity contribution in [2.24, 2.45) is 11.7 Å². The molecule has 0 aromatic carbocycles. The number of rotatable bonds is 4. The van der Waals surface area contributed by atoms with E-state index < -0.39 is 0 Å². The Morgan fingerprint density at radius 2 is 2.18 bits per heavy atom. The van der Waals surface area contributed by atoms with Crippen LogP contribution >= 0.6 is 0 Å². The van der Waals surface area contributed by atoms with Crippen molar-refractivity contribution < 1.29 is 0 Å². The second-order valence-electron chi connectivity index (χ2n) is 5.02. The average Bonchev–Trinajstić information content (AvgIpc) is 2.99. The molecule has 1 saturated carbocycles. The van der Waals surface area contributed by atoms with E-state index in [1.807, 2.05) is 27.0 Å². The molecule has 0 unspecified atom stereocenters. The van der Waals surface area contributed by atoms with E-state index in [-0.39, 0.29) is 5.84 Å². The molecule has 92 valence electrons. The highest BCUT2D eigenvalue weighted by Gasteiger charge is 2.25. The molecule has 1 aliphatic carbocycles. The number of amidine groups is 1. The monoisotopic (exact) mass is 232 g/mol. The van der Waals surface area contributed by atoms with Crippen molar-refractivity contribution >= 4 is 11.7 Å². The quantitative estimate of drug-likeness (QED) is 0.615. The van der Waals surface area contributed by atoms with Gasteiger partial charge in [-0.1, -0.05) is 0 Å². The fraction of sp³-hybridized carbons (Fsp3) is 0.538. The highest BCUT2D eigenvalue weighted by Crippen LogP contribution is 2.31. The predicted molar refractivity (Wildman–Crippen MR) is 70.7 cm³/mol. The van der Waals surface area contributed by atoms with Crippen molar-refractivity contribution in [1.82, 2.24) is 4.98 Å². The summed E-state index contributed by atoms with van der Waals surface area (Å²) in [5, 5.41) is 7.69. The maximum Gasteiger partial charge on any atom is 0.139 e. The molecule has 1 heterocycles. The molecule has 2 rings (SSSR count). The van der Waals surface area contributed by atoms with E-state index in [0.717, 1.165) is 35.1 Å². The molecule has 1 fully saturated rings. The molecule has 1 aromatic heterocycles. The van der Waals surface area contributed by atoms with Crippen LogP contribution in [0.2, 0.25) is 0 Å². The summed E-state index contributed by atoms with van der Waals surface area (Å²) in [5.41, 5.74) is 8.45. The van der Waals surface area contributed by atoms with Gasteiger partial charge in [0.2, 0.25) is 0 Å². The first kappa shape index (κ1) is 11.9. The van der Waals surface area contributed by atoms with Gasteiger partial charge in [0, 0.05) is 19.3 Å². The lowest BCUT2D eigenvalue weighted by Crippen LogP contribution is -2.26. The van der Waals surface area contributed by atoms with Gasteiger partial charge in [-0.05, 0) is 44.2 Å². The third-order valence-electron chi connectivity index (χ3n) is 3.19. The molecule has 0 radical (unpaired) electrons. The predicted octanol–water partition coefficient (Wildman–Crippen LogP) is 1.83. The first-order valence-corrected chi connectivity index (χ1v) is 6.03. The van der Waals surface area contributed by atoms with E-state index in [9.17, 15) is 0 Å². The number of aryl methyl sites for hydroxylation is 2. The van der Waals surface area contributed by atoms with Gasteiger partial charge in [-0.15, -0.1) is 0 Å². The molecule has 0 spiro atoms. The van der Waals surface area contributed by atoms with Crippen LogP contribution in [0.3, 0.4) is 0 Å². The molecule has 17 heavy (non-hydrogen) atoms. The number of nitrogens with one attached hydrogen (secondary N) is 1. The van der Waals surface area contributed by atoms with Gasteiger partial charge in [-0.2, -0.15) is 0 Å². The van der Waals surface area contributed by atoms with Crippen molar-refractivity contribution in [3.63, 3.8) is 0 Å². The second kappa shape index (κ2) is 4.35. The lowest BCUT2D eigenvalue weighted by molar-refractivity contribution is 0.774. The molecule has 0 bridgehead atoms. The molecule has 0 aliphatic heterocycles. The van der Waals surface area contributed by atoms with Gasteiger partial charge in [-0.3, -0.25) is 5.41 Å². The zero-order valence-electron chi connectivity index (χ0n) is 10.7. The maximum absolute atomic E-state index is 7.69. The molecule has 3 N–H and O–H groups in total. The van der Waals surface area contributed by atoms with Crippen LogP contribution in [0.4, 0.5) is 5.82 Å². The summed E-state index contributed by atoms with van der Waals surface area (Å²) in [7, 11) is 2.03. The Balaban J connectivity index is 2.38. The smallest absolute Gasteiger partial charge is 0.139 e.